The highest BCUT2D eigenvalue weighted by atomic mass is 16.6. The fraction of sp³-hybridized carbons (Fsp3) is 0.412. The minimum atomic E-state index is -0.550. The van der Waals surface area contributed by atoms with Gasteiger partial charge in [-0.1, -0.05) is 88.8 Å². The number of para-hydroxylation sites is 2. The van der Waals surface area contributed by atoms with Crippen molar-refractivity contribution in [3.63, 3.8) is 0 Å². The lowest BCUT2D eigenvalue weighted by molar-refractivity contribution is -0.149. The van der Waals surface area contributed by atoms with E-state index >= 15 is 0 Å². The van der Waals surface area contributed by atoms with Crippen LogP contribution >= 0.6 is 0 Å². The SMILES string of the molecule is CCCCCCn1c(C)c(C2=C(c3c(C)n(CCCCCC)c4ccccc34)C(=O)OC2=O)c2ccccc21. The summed E-state index contributed by atoms with van der Waals surface area (Å²) in [4.78, 5) is 26.9. The Balaban J connectivity index is 1.71. The molecule has 0 N–H and O–H groups in total. The van der Waals surface area contributed by atoms with Crippen molar-refractivity contribution in [1.29, 1.82) is 0 Å². The second-order valence-corrected chi connectivity index (χ2v) is 10.8. The highest BCUT2D eigenvalue weighted by Gasteiger charge is 2.39. The molecule has 1 aliphatic rings. The van der Waals surface area contributed by atoms with Gasteiger partial charge in [-0.15, -0.1) is 0 Å². The lowest BCUT2D eigenvalue weighted by Crippen LogP contribution is -2.04. The highest BCUT2D eigenvalue weighted by Crippen LogP contribution is 2.43. The molecule has 0 saturated heterocycles. The van der Waals surface area contributed by atoms with E-state index in [9.17, 15) is 9.59 Å². The van der Waals surface area contributed by atoms with Crippen LogP contribution in [0.1, 0.15) is 87.7 Å². The van der Waals surface area contributed by atoms with E-state index in [1.165, 1.54) is 38.5 Å². The number of carbonyl (C=O) groups excluding carboxylic acids is 2. The predicted molar refractivity (Wildman–Crippen MR) is 160 cm³/mol. The maximum atomic E-state index is 13.5. The van der Waals surface area contributed by atoms with Gasteiger partial charge in [-0.3, -0.25) is 0 Å². The molecule has 0 radical (unpaired) electrons. The number of cyclic esters (lactones) is 2. The van der Waals surface area contributed by atoms with Crippen LogP contribution in [-0.2, 0) is 27.4 Å². The number of hydrogen-bond acceptors (Lipinski definition) is 3. The molecule has 3 heterocycles. The van der Waals surface area contributed by atoms with Crippen LogP contribution in [0.5, 0.6) is 0 Å². The zero-order chi connectivity index (χ0) is 27.5. The molecule has 0 atom stereocenters. The number of carbonyl (C=O) groups is 2. The van der Waals surface area contributed by atoms with Crippen molar-refractivity contribution < 1.29 is 14.3 Å². The summed E-state index contributed by atoms with van der Waals surface area (Å²) >= 11 is 0. The van der Waals surface area contributed by atoms with E-state index in [4.69, 9.17) is 4.74 Å². The number of benzene rings is 2. The average Bonchev–Trinajstić information content (AvgIpc) is 3.49. The van der Waals surface area contributed by atoms with Gasteiger partial charge in [-0.2, -0.15) is 0 Å². The van der Waals surface area contributed by atoms with Crippen LogP contribution in [0.25, 0.3) is 33.0 Å². The van der Waals surface area contributed by atoms with Crippen LogP contribution in [0.2, 0.25) is 0 Å². The fourth-order valence-corrected chi connectivity index (χ4v) is 6.31. The molecule has 5 nitrogen and oxygen atoms in total. The second kappa shape index (κ2) is 11.6. The Labute approximate surface area is 231 Å². The Morgan fingerprint density at radius 3 is 1.41 bits per heavy atom. The van der Waals surface area contributed by atoms with Crippen LogP contribution in [0.15, 0.2) is 48.5 Å². The number of unbranched alkanes of at least 4 members (excludes halogenated alkanes) is 6. The van der Waals surface area contributed by atoms with Crippen molar-refractivity contribution in [3.05, 3.63) is 71.0 Å². The molecule has 0 fully saturated rings. The first-order chi connectivity index (χ1) is 19.0. The van der Waals surface area contributed by atoms with E-state index in [1.807, 2.05) is 24.3 Å². The normalized spacial score (nSPS) is 13.8. The smallest absolute Gasteiger partial charge is 0.347 e. The molecule has 0 bridgehead atoms. The quantitative estimate of drug-likeness (QED) is 0.106. The summed E-state index contributed by atoms with van der Waals surface area (Å²) < 4.78 is 10.00. The Morgan fingerprint density at radius 1 is 0.590 bits per heavy atom. The Kier molecular flexibility index (Phi) is 8.06. The van der Waals surface area contributed by atoms with Gasteiger partial charge in [0.25, 0.3) is 0 Å². The summed E-state index contributed by atoms with van der Waals surface area (Å²) in [5, 5.41) is 1.98. The van der Waals surface area contributed by atoms with Gasteiger partial charge in [-0.05, 0) is 38.8 Å². The maximum absolute atomic E-state index is 13.5. The summed E-state index contributed by atoms with van der Waals surface area (Å²) in [6, 6.07) is 16.4. The van der Waals surface area contributed by atoms with Crippen molar-refractivity contribution in [3.8, 4) is 0 Å². The number of ether oxygens (including phenoxy) is 1. The van der Waals surface area contributed by atoms with Gasteiger partial charge in [-0.25, -0.2) is 9.59 Å². The molecule has 0 aliphatic carbocycles. The lowest BCUT2D eigenvalue weighted by atomic mass is 9.93. The molecule has 2 aromatic carbocycles. The van der Waals surface area contributed by atoms with Crippen LogP contribution < -0.4 is 0 Å². The molecule has 4 aromatic rings. The van der Waals surface area contributed by atoms with E-state index < -0.39 is 11.9 Å². The number of fused-ring (bicyclic) bond motifs is 2. The maximum Gasteiger partial charge on any atom is 0.347 e. The molecule has 39 heavy (non-hydrogen) atoms. The van der Waals surface area contributed by atoms with Gasteiger partial charge in [0.2, 0.25) is 0 Å². The van der Waals surface area contributed by atoms with Crippen LogP contribution in [-0.4, -0.2) is 21.1 Å². The van der Waals surface area contributed by atoms with Crippen LogP contribution in [0.4, 0.5) is 0 Å². The average molecular weight is 525 g/mol. The highest BCUT2D eigenvalue weighted by molar-refractivity contribution is 6.47. The van der Waals surface area contributed by atoms with Gasteiger partial charge in [0.1, 0.15) is 0 Å². The number of aromatic nitrogens is 2. The summed E-state index contributed by atoms with van der Waals surface area (Å²) in [7, 11) is 0. The molecular formula is C34H40N2O3. The van der Waals surface area contributed by atoms with E-state index in [0.29, 0.717) is 11.1 Å². The Hall–Kier alpha value is -3.60. The molecule has 204 valence electrons. The summed E-state index contributed by atoms with van der Waals surface area (Å²) in [5.41, 5.74) is 6.65. The third kappa shape index (κ3) is 4.84. The van der Waals surface area contributed by atoms with Crippen molar-refractivity contribution in [2.45, 2.75) is 92.2 Å². The van der Waals surface area contributed by atoms with Crippen molar-refractivity contribution in [2.75, 3.05) is 0 Å². The van der Waals surface area contributed by atoms with E-state index in [2.05, 4.69) is 61.1 Å². The first kappa shape index (κ1) is 27.0. The van der Waals surface area contributed by atoms with Crippen molar-refractivity contribution in [1.82, 2.24) is 9.13 Å². The summed E-state index contributed by atoms with van der Waals surface area (Å²) in [6.07, 6.45) is 9.29. The van der Waals surface area contributed by atoms with Gasteiger partial charge in [0, 0.05) is 57.4 Å². The third-order valence-electron chi connectivity index (χ3n) is 8.28. The minimum absolute atomic E-state index is 0.401. The molecule has 0 unspecified atom stereocenters. The standard InChI is InChI=1S/C34H40N2O3/c1-5-7-9-15-21-35-23(3)29(25-17-11-13-19-27(25)35)31-32(34(38)39-33(31)37)30-24(4)36(22-16-10-8-6-2)28-20-14-12-18-26(28)30/h11-14,17-20H,5-10,15-16,21-22H2,1-4H3. The topological polar surface area (TPSA) is 53.2 Å². The van der Waals surface area contributed by atoms with Crippen molar-refractivity contribution >= 4 is 44.9 Å². The van der Waals surface area contributed by atoms with E-state index in [0.717, 1.165) is 70.3 Å². The monoisotopic (exact) mass is 524 g/mol. The number of aryl methyl sites for hydroxylation is 2. The molecular weight excluding hydrogens is 484 g/mol. The predicted octanol–water partition coefficient (Wildman–Crippen LogP) is 8.37. The first-order valence-electron chi connectivity index (χ1n) is 14.7. The number of hydrogen-bond donors (Lipinski definition) is 0. The minimum Gasteiger partial charge on any atom is -0.386 e. The lowest BCUT2D eigenvalue weighted by Gasteiger charge is -2.10. The first-order valence-corrected chi connectivity index (χ1v) is 14.7. The Morgan fingerprint density at radius 2 is 1.00 bits per heavy atom. The van der Waals surface area contributed by atoms with E-state index in [1.54, 1.807) is 0 Å². The van der Waals surface area contributed by atoms with E-state index in [-0.39, 0.29) is 0 Å². The molecule has 2 aromatic heterocycles. The molecule has 0 spiro atoms. The molecule has 0 amide bonds. The van der Waals surface area contributed by atoms with Crippen LogP contribution in [0, 0.1) is 13.8 Å². The second-order valence-electron chi connectivity index (χ2n) is 10.8. The van der Waals surface area contributed by atoms with Gasteiger partial charge < -0.3 is 13.9 Å². The zero-order valence-electron chi connectivity index (χ0n) is 23.8. The molecule has 0 saturated carbocycles. The van der Waals surface area contributed by atoms with Gasteiger partial charge >= 0.3 is 11.9 Å². The van der Waals surface area contributed by atoms with Gasteiger partial charge in [0.15, 0.2) is 0 Å². The van der Waals surface area contributed by atoms with Gasteiger partial charge in [0.05, 0.1) is 11.1 Å². The Bertz CT molecular complexity index is 1450. The number of esters is 2. The fourth-order valence-electron chi connectivity index (χ4n) is 6.31. The van der Waals surface area contributed by atoms with Crippen LogP contribution in [0.3, 0.4) is 0 Å². The molecule has 5 heteroatoms. The largest absolute Gasteiger partial charge is 0.386 e. The molecule has 1 aliphatic heterocycles. The summed E-state index contributed by atoms with van der Waals surface area (Å²) in [5.74, 6) is -1.10. The third-order valence-corrected chi connectivity index (χ3v) is 8.28. The number of rotatable bonds is 12. The number of nitrogens with zero attached hydrogens (tertiary/aromatic N) is 2. The zero-order valence-corrected chi connectivity index (χ0v) is 23.8. The van der Waals surface area contributed by atoms with Crippen molar-refractivity contribution in [2.24, 2.45) is 0 Å². The summed E-state index contributed by atoms with van der Waals surface area (Å²) in [6.45, 7) is 10.3. The molecule has 5 rings (SSSR count).